The number of fused-ring (bicyclic) bond motifs is 1. The molecule has 1 fully saturated rings. The highest BCUT2D eigenvalue weighted by Gasteiger charge is 2.22. The molecule has 1 aromatic heterocycles. The maximum atomic E-state index is 13.4. The topological polar surface area (TPSA) is 73.3 Å². The molecule has 3 aromatic rings. The summed E-state index contributed by atoms with van der Waals surface area (Å²) in [4.78, 5) is 21.7. The minimum atomic E-state index is -0.573. The predicted octanol–water partition coefficient (Wildman–Crippen LogP) is 4.16. The summed E-state index contributed by atoms with van der Waals surface area (Å²) < 4.78 is 24.3. The first kappa shape index (κ1) is 18.3. The lowest BCUT2D eigenvalue weighted by molar-refractivity contribution is 0.0157. The van der Waals surface area contributed by atoms with Crippen LogP contribution in [0.3, 0.4) is 0 Å². The van der Waals surface area contributed by atoms with E-state index in [0.717, 1.165) is 12.8 Å². The van der Waals surface area contributed by atoms with Gasteiger partial charge in [-0.15, -0.1) is 0 Å². The van der Waals surface area contributed by atoms with Crippen LogP contribution < -0.4 is 5.32 Å². The van der Waals surface area contributed by atoms with Crippen molar-refractivity contribution in [2.45, 2.75) is 25.9 Å². The van der Waals surface area contributed by atoms with Crippen LogP contribution in [0, 0.1) is 12.7 Å². The number of benzene rings is 2. The third-order valence-electron chi connectivity index (χ3n) is 4.63. The molecule has 2 aromatic carbocycles. The maximum Gasteiger partial charge on any atom is 0.360 e. The molecule has 0 saturated carbocycles. The van der Waals surface area contributed by atoms with Crippen molar-refractivity contribution in [3.8, 4) is 0 Å². The van der Waals surface area contributed by atoms with Gasteiger partial charge in [-0.3, -0.25) is 0 Å². The van der Waals surface area contributed by atoms with Crippen molar-refractivity contribution in [2.75, 3.05) is 18.5 Å². The number of nitrogens with one attached hydrogen (secondary N) is 1. The van der Waals surface area contributed by atoms with Crippen molar-refractivity contribution in [1.82, 2.24) is 9.97 Å². The lowest BCUT2D eigenvalue weighted by Gasteiger charge is -2.14. The lowest BCUT2D eigenvalue weighted by atomic mass is 10.2. The zero-order chi connectivity index (χ0) is 19.5. The molecule has 2 heterocycles. The molecular weight excluding hydrogens is 361 g/mol. The number of hydrogen-bond donors (Lipinski definition) is 1. The summed E-state index contributed by atoms with van der Waals surface area (Å²) in [7, 11) is 0. The third-order valence-corrected chi connectivity index (χ3v) is 4.63. The predicted molar refractivity (Wildman–Crippen MR) is 103 cm³/mol. The summed E-state index contributed by atoms with van der Waals surface area (Å²) in [6, 6.07) is 11.6. The second-order valence-electron chi connectivity index (χ2n) is 6.73. The zero-order valence-electron chi connectivity index (χ0n) is 15.4. The number of carbonyl (C=O) groups is 1. The second-order valence-corrected chi connectivity index (χ2v) is 6.73. The average Bonchev–Trinajstić information content (AvgIpc) is 3.21. The van der Waals surface area contributed by atoms with Crippen molar-refractivity contribution in [2.24, 2.45) is 0 Å². The number of aryl methyl sites for hydroxylation is 1. The minimum absolute atomic E-state index is 0.0758. The second kappa shape index (κ2) is 7.90. The van der Waals surface area contributed by atoms with Gasteiger partial charge in [-0.05, 0) is 55.7 Å². The number of halogens is 1. The zero-order valence-corrected chi connectivity index (χ0v) is 15.4. The summed E-state index contributed by atoms with van der Waals surface area (Å²) in [6.07, 6.45) is 1.76. The molecule has 28 heavy (non-hydrogen) atoms. The van der Waals surface area contributed by atoms with E-state index in [1.54, 1.807) is 19.1 Å². The highest BCUT2D eigenvalue weighted by molar-refractivity contribution is 5.96. The molecule has 1 aliphatic heterocycles. The molecular formula is C21H20FN3O3. The fourth-order valence-electron chi connectivity index (χ4n) is 3.14. The Hall–Kier alpha value is -3.06. The fraction of sp³-hybridized carbons (Fsp3) is 0.286. The summed E-state index contributed by atoms with van der Waals surface area (Å²) >= 11 is 0. The van der Waals surface area contributed by atoms with E-state index in [-0.39, 0.29) is 30.0 Å². The monoisotopic (exact) mass is 381 g/mol. The van der Waals surface area contributed by atoms with E-state index in [0.29, 0.717) is 28.9 Å². The van der Waals surface area contributed by atoms with Gasteiger partial charge < -0.3 is 14.8 Å². The number of aromatic nitrogens is 2. The van der Waals surface area contributed by atoms with Crippen LogP contribution in [-0.4, -0.2) is 35.3 Å². The normalized spacial score (nSPS) is 16.3. The maximum absolute atomic E-state index is 13.4. The Morgan fingerprint density at radius 2 is 2.04 bits per heavy atom. The number of esters is 1. The third kappa shape index (κ3) is 3.94. The van der Waals surface area contributed by atoms with Crippen LogP contribution in [0.2, 0.25) is 0 Å². The number of rotatable bonds is 5. The lowest BCUT2D eigenvalue weighted by Crippen LogP contribution is -2.20. The Morgan fingerprint density at radius 1 is 1.25 bits per heavy atom. The molecule has 0 radical (unpaired) electrons. The number of hydrogen-bond acceptors (Lipinski definition) is 6. The number of para-hydroxylation sites is 2. The summed E-state index contributed by atoms with van der Waals surface area (Å²) in [6.45, 7) is 2.65. The highest BCUT2D eigenvalue weighted by atomic mass is 19.1. The van der Waals surface area contributed by atoms with E-state index in [4.69, 9.17) is 9.47 Å². The molecule has 0 bridgehead atoms. The minimum Gasteiger partial charge on any atom is -0.458 e. The fourth-order valence-corrected chi connectivity index (χ4v) is 3.14. The van der Waals surface area contributed by atoms with Crippen LogP contribution in [0.15, 0.2) is 42.5 Å². The molecule has 1 aliphatic rings. The van der Waals surface area contributed by atoms with Gasteiger partial charge in [0.25, 0.3) is 0 Å². The summed E-state index contributed by atoms with van der Waals surface area (Å²) in [5.74, 6) is -0.634. The molecule has 7 heteroatoms. The number of nitrogens with zero attached hydrogens (tertiary/aromatic N) is 2. The smallest absolute Gasteiger partial charge is 0.360 e. The van der Waals surface area contributed by atoms with Crippen LogP contribution in [0.4, 0.5) is 15.9 Å². The Kier molecular flexibility index (Phi) is 5.16. The molecule has 1 atom stereocenters. The van der Waals surface area contributed by atoms with Gasteiger partial charge in [0, 0.05) is 12.3 Å². The van der Waals surface area contributed by atoms with Gasteiger partial charge in [-0.2, -0.15) is 0 Å². The highest BCUT2D eigenvalue weighted by Crippen LogP contribution is 2.25. The first-order chi connectivity index (χ1) is 13.6. The number of carbonyl (C=O) groups excluding carboxylic acids is 1. The standard InChI is InChI=1S/C21H20FN3O3/c1-13-11-14(22)8-9-16(13)24-20-19(21(26)28-12-15-5-4-10-27-15)23-17-6-2-3-7-18(17)25-20/h2-3,6-9,11,15H,4-5,10,12H2,1H3,(H,24,25)/t15-/m1/s1. The first-order valence-electron chi connectivity index (χ1n) is 9.19. The van der Waals surface area contributed by atoms with Gasteiger partial charge in [-0.25, -0.2) is 19.2 Å². The van der Waals surface area contributed by atoms with Gasteiger partial charge in [0.05, 0.1) is 17.1 Å². The molecule has 0 aliphatic carbocycles. The SMILES string of the molecule is Cc1cc(F)ccc1Nc1nc2ccccc2nc1C(=O)OC[C@H]1CCCO1. The van der Waals surface area contributed by atoms with E-state index in [1.165, 1.54) is 12.1 Å². The summed E-state index contributed by atoms with van der Waals surface area (Å²) in [5, 5.41) is 3.10. The Bertz CT molecular complexity index is 1020. The van der Waals surface area contributed by atoms with Gasteiger partial charge in [0.2, 0.25) is 0 Å². The molecule has 6 nitrogen and oxygen atoms in total. The molecule has 0 amide bonds. The number of ether oxygens (including phenoxy) is 2. The van der Waals surface area contributed by atoms with Crippen LogP contribution in [0.5, 0.6) is 0 Å². The van der Waals surface area contributed by atoms with Crippen molar-refractivity contribution in [3.63, 3.8) is 0 Å². The molecule has 0 unspecified atom stereocenters. The average molecular weight is 381 g/mol. The Labute approximate surface area is 161 Å². The van der Waals surface area contributed by atoms with Crippen LogP contribution in [0.25, 0.3) is 11.0 Å². The molecule has 144 valence electrons. The van der Waals surface area contributed by atoms with Crippen LogP contribution >= 0.6 is 0 Å². The van der Waals surface area contributed by atoms with Gasteiger partial charge in [0.15, 0.2) is 11.5 Å². The Morgan fingerprint density at radius 3 is 2.75 bits per heavy atom. The molecule has 0 spiro atoms. The number of anilines is 2. The van der Waals surface area contributed by atoms with Gasteiger partial charge in [0.1, 0.15) is 12.4 Å². The van der Waals surface area contributed by atoms with Crippen molar-refractivity contribution < 1.29 is 18.7 Å². The Balaban J connectivity index is 1.66. The van der Waals surface area contributed by atoms with Crippen molar-refractivity contribution >= 4 is 28.5 Å². The van der Waals surface area contributed by atoms with Crippen molar-refractivity contribution in [3.05, 3.63) is 59.5 Å². The van der Waals surface area contributed by atoms with E-state index in [2.05, 4.69) is 15.3 Å². The van der Waals surface area contributed by atoms with Gasteiger partial charge >= 0.3 is 5.97 Å². The quantitative estimate of drug-likeness (QED) is 0.669. The first-order valence-corrected chi connectivity index (χ1v) is 9.19. The molecule has 1 N–H and O–H groups in total. The largest absolute Gasteiger partial charge is 0.458 e. The van der Waals surface area contributed by atoms with Crippen molar-refractivity contribution in [1.29, 1.82) is 0 Å². The van der Waals surface area contributed by atoms with E-state index in [1.807, 2.05) is 18.2 Å². The van der Waals surface area contributed by atoms with E-state index >= 15 is 0 Å². The van der Waals surface area contributed by atoms with Crippen LogP contribution in [0.1, 0.15) is 28.9 Å². The summed E-state index contributed by atoms with van der Waals surface area (Å²) in [5.41, 5.74) is 2.64. The van der Waals surface area contributed by atoms with E-state index < -0.39 is 5.97 Å². The van der Waals surface area contributed by atoms with Crippen LogP contribution in [-0.2, 0) is 9.47 Å². The van der Waals surface area contributed by atoms with Gasteiger partial charge in [-0.1, -0.05) is 12.1 Å². The molecule has 4 rings (SSSR count). The molecule has 1 saturated heterocycles. The van der Waals surface area contributed by atoms with E-state index in [9.17, 15) is 9.18 Å².